The molecule has 4 nitrogen and oxygen atoms in total. The Morgan fingerprint density at radius 3 is 2.59 bits per heavy atom. The van der Waals surface area contributed by atoms with Gasteiger partial charge in [-0.3, -0.25) is 0 Å². The number of alkyl halides is 2. The monoisotopic (exact) mass is 444 g/mol. The Morgan fingerprint density at radius 2 is 1.83 bits per heavy atom. The third kappa shape index (κ3) is 4.47. The zero-order valence-electron chi connectivity index (χ0n) is 15.5. The van der Waals surface area contributed by atoms with Gasteiger partial charge >= 0.3 is 5.63 Å². The van der Waals surface area contributed by atoms with Crippen LogP contribution in [0.15, 0.2) is 57.7 Å². The molecule has 0 aliphatic rings. The Kier molecular flexibility index (Phi) is 6.19. The van der Waals surface area contributed by atoms with Gasteiger partial charge in [0, 0.05) is 42.0 Å². The predicted octanol–water partition coefficient (Wildman–Crippen LogP) is 5.86. The van der Waals surface area contributed by atoms with Gasteiger partial charge in [0.25, 0.3) is 0 Å². The van der Waals surface area contributed by atoms with Crippen molar-refractivity contribution in [1.82, 2.24) is 4.98 Å². The molecule has 0 saturated carbocycles. The standard InChI is InChI=1S/C22H18Cl2N2O2S/c23-9-11-26(12-10-24)17-7-5-15-13-16(22(27)28-19(15)14-17)6-8-21-25-18-3-1-2-4-20(18)29-21/h1-8,13-14H,9-12H2. The topological polar surface area (TPSA) is 46.3 Å². The van der Waals surface area contributed by atoms with Crippen LogP contribution in [0.4, 0.5) is 5.69 Å². The van der Waals surface area contributed by atoms with E-state index in [0.29, 0.717) is 36.0 Å². The van der Waals surface area contributed by atoms with Crippen LogP contribution in [0.2, 0.25) is 0 Å². The zero-order valence-corrected chi connectivity index (χ0v) is 17.8. The normalized spacial score (nSPS) is 11.7. The van der Waals surface area contributed by atoms with Crippen molar-refractivity contribution in [3.63, 3.8) is 0 Å². The second-order valence-corrected chi connectivity index (χ2v) is 8.25. The van der Waals surface area contributed by atoms with Gasteiger partial charge in [0.1, 0.15) is 10.6 Å². The van der Waals surface area contributed by atoms with Crippen LogP contribution in [-0.2, 0) is 0 Å². The molecule has 0 fully saturated rings. The summed E-state index contributed by atoms with van der Waals surface area (Å²) in [5.41, 5.74) is 2.53. The zero-order chi connectivity index (χ0) is 20.2. The van der Waals surface area contributed by atoms with Crippen LogP contribution in [0.5, 0.6) is 0 Å². The van der Waals surface area contributed by atoms with E-state index in [0.717, 1.165) is 26.3 Å². The number of thiazole rings is 1. The summed E-state index contributed by atoms with van der Waals surface area (Å²) in [5.74, 6) is 0.989. The van der Waals surface area contributed by atoms with Crippen LogP contribution in [0, 0.1) is 0 Å². The fraction of sp³-hybridized carbons (Fsp3) is 0.182. The highest BCUT2D eigenvalue weighted by atomic mass is 35.5. The first kappa shape index (κ1) is 20.0. The van der Waals surface area contributed by atoms with E-state index >= 15 is 0 Å². The van der Waals surface area contributed by atoms with Crippen LogP contribution in [0.3, 0.4) is 0 Å². The lowest BCUT2D eigenvalue weighted by atomic mass is 10.1. The number of hydrogen-bond donors (Lipinski definition) is 0. The smallest absolute Gasteiger partial charge is 0.343 e. The first-order chi connectivity index (χ1) is 14.2. The number of aromatic nitrogens is 1. The van der Waals surface area contributed by atoms with Crippen LogP contribution in [0.1, 0.15) is 10.6 Å². The quantitative estimate of drug-likeness (QED) is 0.264. The van der Waals surface area contributed by atoms with Gasteiger partial charge in [-0.2, -0.15) is 0 Å². The molecule has 0 radical (unpaired) electrons. The van der Waals surface area contributed by atoms with E-state index in [1.54, 1.807) is 17.4 Å². The third-order valence-electron chi connectivity index (χ3n) is 4.54. The Balaban J connectivity index is 1.64. The molecule has 2 heterocycles. The van der Waals surface area contributed by atoms with E-state index in [-0.39, 0.29) is 5.63 Å². The van der Waals surface area contributed by atoms with Gasteiger partial charge in [-0.1, -0.05) is 12.1 Å². The summed E-state index contributed by atoms with van der Waals surface area (Å²) < 4.78 is 6.69. The maximum atomic E-state index is 12.5. The SMILES string of the molecule is O=c1oc2cc(N(CCCl)CCCl)ccc2cc1C=Cc1nc2ccccc2s1. The molecule has 4 rings (SSSR count). The Bertz CT molecular complexity index is 1190. The lowest BCUT2D eigenvalue weighted by Crippen LogP contribution is -2.27. The summed E-state index contributed by atoms with van der Waals surface area (Å²) in [4.78, 5) is 19.1. The lowest BCUT2D eigenvalue weighted by Gasteiger charge is -2.22. The summed E-state index contributed by atoms with van der Waals surface area (Å²) in [5, 5.41) is 1.70. The molecule has 0 spiro atoms. The van der Waals surface area contributed by atoms with Gasteiger partial charge in [0.05, 0.1) is 15.8 Å². The summed E-state index contributed by atoms with van der Waals surface area (Å²) in [7, 11) is 0. The minimum atomic E-state index is -0.381. The van der Waals surface area contributed by atoms with Gasteiger partial charge in [0.15, 0.2) is 0 Å². The van der Waals surface area contributed by atoms with E-state index in [2.05, 4.69) is 9.88 Å². The van der Waals surface area contributed by atoms with Crippen molar-refractivity contribution in [2.75, 3.05) is 29.7 Å². The van der Waals surface area contributed by atoms with Crippen LogP contribution < -0.4 is 10.5 Å². The summed E-state index contributed by atoms with van der Waals surface area (Å²) in [6.45, 7) is 1.35. The number of anilines is 1. The molecule has 29 heavy (non-hydrogen) atoms. The van der Waals surface area contributed by atoms with E-state index < -0.39 is 0 Å². The van der Waals surface area contributed by atoms with Crippen molar-refractivity contribution in [2.45, 2.75) is 0 Å². The molecule has 2 aromatic heterocycles. The van der Waals surface area contributed by atoms with Gasteiger partial charge in [-0.15, -0.1) is 34.5 Å². The number of hydrogen-bond acceptors (Lipinski definition) is 5. The highest BCUT2D eigenvalue weighted by Crippen LogP contribution is 2.25. The fourth-order valence-corrected chi connectivity index (χ4v) is 4.40. The van der Waals surface area contributed by atoms with Gasteiger partial charge in [0.2, 0.25) is 0 Å². The molecule has 0 amide bonds. The van der Waals surface area contributed by atoms with Crippen molar-refractivity contribution >= 4 is 73.6 Å². The van der Waals surface area contributed by atoms with Crippen LogP contribution in [-0.4, -0.2) is 29.8 Å². The summed E-state index contributed by atoms with van der Waals surface area (Å²) >= 11 is 13.4. The molecular formula is C22H18Cl2N2O2S. The first-order valence-electron chi connectivity index (χ1n) is 9.16. The second kappa shape index (κ2) is 8.99. The average Bonchev–Trinajstić information content (AvgIpc) is 3.14. The van der Waals surface area contributed by atoms with Gasteiger partial charge < -0.3 is 9.32 Å². The maximum Gasteiger partial charge on any atom is 0.343 e. The van der Waals surface area contributed by atoms with Gasteiger partial charge in [-0.25, -0.2) is 9.78 Å². The molecule has 148 valence electrons. The van der Waals surface area contributed by atoms with E-state index in [4.69, 9.17) is 27.6 Å². The largest absolute Gasteiger partial charge is 0.422 e. The molecule has 0 bridgehead atoms. The van der Waals surface area contributed by atoms with E-state index in [1.165, 1.54) is 0 Å². The third-order valence-corrected chi connectivity index (χ3v) is 5.88. The number of nitrogens with zero attached hydrogens (tertiary/aromatic N) is 2. The van der Waals surface area contributed by atoms with Gasteiger partial charge in [-0.05, 0) is 42.5 Å². The van der Waals surface area contributed by atoms with Crippen molar-refractivity contribution in [3.05, 3.63) is 69.5 Å². The van der Waals surface area contributed by atoms with Crippen molar-refractivity contribution in [2.24, 2.45) is 0 Å². The second-order valence-electron chi connectivity index (χ2n) is 6.43. The number of rotatable bonds is 7. The summed E-state index contributed by atoms with van der Waals surface area (Å²) in [6.07, 6.45) is 3.60. The molecule has 0 atom stereocenters. The maximum absolute atomic E-state index is 12.5. The molecular weight excluding hydrogens is 427 g/mol. The Morgan fingerprint density at radius 1 is 1.03 bits per heavy atom. The average molecular weight is 445 g/mol. The molecule has 4 aromatic rings. The molecule has 0 N–H and O–H groups in total. The number of benzene rings is 2. The van der Waals surface area contributed by atoms with E-state index in [1.807, 2.05) is 54.6 Å². The molecule has 0 aliphatic carbocycles. The Labute approximate surface area is 182 Å². The first-order valence-corrected chi connectivity index (χ1v) is 11.0. The van der Waals surface area contributed by atoms with Crippen LogP contribution >= 0.6 is 34.5 Å². The lowest BCUT2D eigenvalue weighted by molar-refractivity contribution is 0.559. The predicted molar refractivity (Wildman–Crippen MR) is 125 cm³/mol. The molecule has 0 unspecified atom stereocenters. The Hall–Kier alpha value is -2.34. The fourth-order valence-electron chi connectivity index (χ4n) is 3.13. The van der Waals surface area contributed by atoms with Crippen molar-refractivity contribution in [1.29, 1.82) is 0 Å². The minimum Gasteiger partial charge on any atom is -0.422 e. The van der Waals surface area contributed by atoms with Crippen molar-refractivity contribution in [3.8, 4) is 0 Å². The number of para-hydroxylation sites is 1. The van der Waals surface area contributed by atoms with E-state index in [9.17, 15) is 4.79 Å². The molecule has 0 saturated heterocycles. The number of fused-ring (bicyclic) bond motifs is 2. The molecule has 7 heteroatoms. The van der Waals surface area contributed by atoms with Crippen molar-refractivity contribution < 1.29 is 4.42 Å². The summed E-state index contributed by atoms with van der Waals surface area (Å²) in [6, 6.07) is 15.6. The van der Waals surface area contributed by atoms with Crippen LogP contribution in [0.25, 0.3) is 33.3 Å². The highest BCUT2D eigenvalue weighted by molar-refractivity contribution is 7.19. The number of halogens is 2. The minimum absolute atomic E-state index is 0.381. The molecule has 2 aromatic carbocycles. The molecule has 0 aliphatic heterocycles. The highest BCUT2D eigenvalue weighted by Gasteiger charge is 2.09.